The van der Waals surface area contributed by atoms with E-state index in [-0.39, 0.29) is 5.91 Å². The number of nitrogens with two attached hydrogens (primary N) is 1. The summed E-state index contributed by atoms with van der Waals surface area (Å²) < 4.78 is 0. The van der Waals surface area contributed by atoms with Gasteiger partial charge < -0.3 is 11.1 Å². The average Bonchev–Trinajstić information content (AvgIpc) is 2.93. The standard InChI is InChI=1S/C17H26N2OS/c1-12(2)11-16(18)17(20)19-13-7-9-15(10-8-13)21-14-5-3-4-6-14/h7-10,12,14,16H,3-6,11,18H2,1-2H3,(H,19,20)/t16-/m0/s1. The molecule has 0 unspecified atom stereocenters. The van der Waals surface area contributed by atoms with Gasteiger partial charge in [-0.3, -0.25) is 4.79 Å². The molecule has 21 heavy (non-hydrogen) atoms. The number of hydrogen-bond donors (Lipinski definition) is 2. The van der Waals surface area contributed by atoms with E-state index in [1.165, 1.54) is 30.6 Å². The van der Waals surface area contributed by atoms with E-state index in [0.29, 0.717) is 12.3 Å². The highest BCUT2D eigenvalue weighted by Gasteiger charge is 2.17. The van der Waals surface area contributed by atoms with E-state index < -0.39 is 6.04 Å². The maximum absolute atomic E-state index is 12.0. The van der Waals surface area contributed by atoms with Gasteiger partial charge in [-0.1, -0.05) is 26.7 Å². The molecule has 1 aliphatic rings. The molecule has 1 amide bonds. The van der Waals surface area contributed by atoms with E-state index in [0.717, 1.165) is 10.9 Å². The summed E-state index contributed by atoms with van der Waals surface area (Å²) in [5.74, 6) is 0.329. The largest absolute Gasteiger partial charge is 0.325 e. The Balaban J connectivity index is 1.85. The third kappa shape index (κ3) is 5.36. The summed E-state index contributed by atoms with van der Waals surface area (Å²) in [7, 11) is 0. The van der Waals surface area contributed by atoms with Crippen molar-refractivity contribution in [3.63, 3.8) is 0 Å². The van der Waals surface area contributed by atoms with Crippen molar-refractivity contribution in [1.29, 1.82) is 0 Å². The summed E-state index contributed by atoms with van der Waals surface area (Å²) in [4.78, 5) is 13.3. The van der Waals surface area contributed by atoms with E-state index in [2.05, 4.69) is 31.3 Å². The van der Waals surface area contributed by atoms with Gasteiger partial charge >= 0.3 is 0 Å². The van der Waals surface area contributed by atoms with Gasteiger partial charge in [-0.05, 0) is 49.4 Å². The molecule has 3 nitrogen and oxygen atoms in total. The fourth-order valence-electron chi connectivity index (χ4n) is 2.67. The highest BCUT2D eigenvalue weighted by molar-refractivity contribution is 8.00. The first kappa shape index (κ1) is 16.4. The molecule has 3 N–H and O–H groups in total. The van der Waals surface area contributed by atoms with Gasteiger partial charge in [0.15, 0.2) is 0 Å². The van der Waals surface area contributed by atoms with Crippen LogP contribution in [0, 0.1) is 5.92 Å². The minimum atomic E-state index is -0.433. The summed E-state index contributed by atoms with van der Waals surface area (Å²) in [6, 6.07) is 7.69. The molecule has 0 radical (unpaired) electrons. The SMILES string of the molecule is CC(C)C[C@H](N)C(=O)Nc1ccc(SC2CCCC2)cc1. The van der Waals surface area contributed by atoms with Crippen LogP contribution in [0.5, 0.6) is 0 Å². The molecule has 0 aliphatic heterocycles. The monoisotopic (exact) mass is 306 g/mol. The maximum atomic E-state index is 12.0. The molecule has 1 fully saturated rings. The van der Waals surface area contributed by atoms with Gasteiger partial charge in [0.1, 0.15) is 0 Å². The number of amides is 1. The molecular formula is C17H26N2OS. The number of benzene rings is 1. The topological polar surface area (TPSA) is 55.1 Å². The van der Waals surface area contributed by atoms with Gasteiger partial charge in [0.2, 0.25) is 5.91 Å². The second kappa shape index (κ2) is 7.85. The fraction of sp³-hybridized carbons (Fsp3) is 0.588. The number of thioether (sulfide) groups is 1. The van der Waals surface area contributed by atoms with Gasteiger partial charge in [-0.2, -0.15) is 0 Å². The first-order valence-electron chi connectivity index (χ1n) is 7.88. The predicted octanol–water partition coefficient (Wildman–Crippen LogP) is 4.03. The van der Waals surface area contributed by atoms with Crippen molar-refractivity contribution in [3.8, 4) is 0 Å². The van der Waals surface area contributed by atoms with Gasteiger partial charge in [0, 0.05) is 15.8 Å². The molecule has 4 heteroatoms. The van der Waals surface area contributed by atoms with E-state index in [9.17, 15) is 4.79 Å². The number of rotatable bonds is 6. The lowest BCUT2D eigenvalue weighted by molar-refractivity contribution is -0.117. The molecule has 1 aromatic carbocycles. The smallest absolute Gasteiger partial charge is 0.241 e. The maximum Gasteiger partial charge on any atom is 0.241 e. The molecular weight excluding hydrogens is 280 g/mol. The van der Waals surface area contributed by atoms with E-state index in [1.54, 1.807) is 0 Å². The minimum absolute atomic E-state index is 0.0973. The summed E-state index contributed by atoms with van der Waals surface area (Å²) in [5, 5.41) is 3.66. The molecule has 0 heterocycles. The van der Waals surface area contributed by atoms with Crippen LogP contribution >= 0.6 is 11.8 Å². The van der Waals surface area contributed by atoms with Crippen molar-refractivity contribution in [2.24, 2.45) is 11.7 Å². The first-order chi connectivity index (χ1) is 10.0. The second-order valence-electron chi connectivity index (χ2n) is 6.27. The van der Waals surface area contributed by atoms with Crippen LogP contribution in [0.3, 0.4) is 0 Å². The molecule has 116 valence electrons. The summed E-state index contributed by atoms with van der Waals surface area (Å²) in [6.07, 6.45) is 6.08. The Hall–Kier alpha value is -1.00. The first-order valence-corrected chi connectivity index (χ1v) is 8.75. The van der Waals surface area contributed by atoms with Crippen molar-refractivity contribution in [1.82, 2.24) is 0 Å². The van der Waals surface area contributed by atoms with Crippen LogP contribution in [-0.4, -0.2) is 17.2 Å². The predicted molar refractivity (Wildman–Crippen MR) is 90.6 cm³/mol. The zero-order valence-electron chi connectivity index (χ0n) is 13.0. The molecule has 1 atom stereocenters. The van der Waals surface area contributed by atoms with Crippen molar-refractivity contribution in [2.45, 2.75) is 62.1 Å². The molecule has 0 spiro atoms. The number of hydrogen-bond acceptors (Lipinski definition) is 3. The average molecular weight is 306 g/mol. The van der Waals surface area contributed by atoms with Crippen LogP contribution < -0.4 is 11.1 Å². The minimum Gasteiger partial charge on any atom is -0.325 e. The van der Waals surface area contributed by atoms with Crippen molar-refractivity contribution in [2.75, 3.05) is 5.32 Å². The van der Waals surface area contributed by atoms with Crippen LogP contribution in [0.15, 0.2) is 29.2 Å². The molecule has 0 aromatic heterocycles. The van der Waals surface area contributed by atoms with Crippen LogP contribution in [0.1, 0.15) is 46.0 Å². The molecule has 1 aromatic rings. The van der Waals surface area contributed by atoms with E-state index >= 15 is 0 Å². The summed E-state index contributed by atoms with van der Waals surface area (Å²) in [6.45, 7) is 4.14. The Kier molecular flexibility index (Phi) is 6.12. The van der Waals surface area contributed by atoms with Crippen LogP contribution in [0.25, 0.3) is 0 Å². The van der Waals surface area contributed by atoms with Gasteiger partial charge in [-0.25, -0.2) is 0 Å². The lowest BCUT2D eigenvalue weighted by atomic mass is 10.0. The summed E-state index contributed by atoms with van der Waals surface area (Å²) >= 11 is 1.96. The zero-order chi connectivity index (χ0) is 15.2. The highest BCUT2D eigenvalue weighted by Crippen LogP contribution is 2.34. The molecule has 0 saturated heterocycles. The zero-order valence-corrected chi connectivity index (χ0v) is 13.8. The Morgan fingerprint density at radius 1 is 1.29 bits per heavy atom. The Morgan fingerprint density at radius 2 is 1.90 bits per heavy atom. The van der Waals surface area contributed by atoms with Crippen LogP contribution in [0.4, 0.5) is 5.69 Å². The number of carbonyl (C=O) groups excluding carboxylic acids is 1. The lowest BCUT2D eigenvalue weighted by Gasteiger charge is -2.14. The van der Waals surface area contributed by atoms with E-state index in [1.807, 2.05) is 23.9 Å². The van der Waals surface area contributed by atoms with Crippen molar-refractivity contribution < 1.29 is 4.79 Å². The lowest BCUT2D eigenvalue weighted by Crippen LogP contribution is -2.36. The fourth-order valence-corrected chi connectivity index (χ4v) is 3.91. The Morgan fingerprint density at radius 3 is 2.48 bits per heavy atom. The molecule has 1 saturated carbocycles. The number of anilines is 1. The Labute approximate surface area is 132 Å². The normalized spacial score (nSPS) is 17.1. The van der Waals surface area contributed by atoms with Gasteiger partial charge in [0.05, 0.1) is 6.04 Å². The molecule has 2 rings (SSSR count). The van der Waals surface area contributed by atoms with Crippen molar-refractivity contribution >= 4 is 23.4 Å². The Bertz CT molecular complexity index is 452. The van der Waals surface area contributed by atoms with Crippen molar-refractivity contribution in [3.05, 3.63) is 24.3 Å². The van der Waals surface area contributed by atoms with Gasteiger partial charge in [0.25, 0.3) is 0 Å². The number of nitrogens with one attached hydrogen (secondary N) is 1. The molecule has 0 bridgehead atoms. The second-order valence-corrected chi connectivity index (χ2v) is 7.65. The van der Waals surface area contributed by atoms with Gasteiger partial charge in [-0.15, -0.1) is 11.8 Å². The number of carbonyl (C=O) groups is 1. The molecule has 1 aliphatic carbocycles. The summed E-state index contributed by atoms with van der Waals surface area (Å²) in [5.41, 5.74) is 6.72. The quantitative estimate of drug-likeness (QED) is 0.834. The van der Waals surface area contributed by atoms with E-state index in [4.69, 9.17) is 5.73 Å². The van der Waals surface area contributed by atoms with Crippen LogP contribution in [0.2, 0.25) is 0 Å². The van der Waals surface area contributed by atoms with Crippen LogP contribution in [-0.2, 0) is 4.79 Å². The third-order valence-electron chi connectivity index (χ3n) is 3.79. The highest BCUT2D eigenvalue weighted by atomic mass is 32.2. The third-order valence-corrected chi connectivity index (χ3v) is 5.14.